The molecule has 0 N–H and O–H groups in total. The van der Waals surface area contributed by atoms with E-state index in [9.17, 15) is 19.7 Å². The minimum atomic E-state index is -0.634. The van der Waals surface area contributed by atoms with Gasteiger partial charge >= 0.3 is 11.7 Å². The van der Waals surface area contributed by atoms with Crippen molar-refractivity contribution in [3.05, 3.63) is 69.2 Å². The Morgan fingerprint density at radius 3 is 2.58 bits per heavy atom. The number of hydrogen-bond donors (Lipinski definition) is 0. The Kier molecular flexibility index (Phi) is 4.97. The van der Waals surface area contributed by atoms with Gasteiger partial charge in [0.2, 0.25) is 0 Å². The highest BCUT2D eigenvalue weighted by molar-refractivity contribution is 5.76. The van der Waals surface area contributed by atoms with Crippen molar-refractivity contribution in [1.82, 2.24) is 4.57 Å². The molecule has 9 heteroatoms. The highest BCUT2D eigenvalue weighted by atomic mass is 16.6. The normalized spacial score (nSPS) is 10.6. The summed E-state index contributed by atoms with van der Waals surface area (Å²) in [6.45, 7) is -0.224. The van der Waals surface area contributed by atoms with Crippen molar-refractivity contribution >= 4 is 22.8 Å². The van der Waals surface area contributed by atoms with Crippen LogP contribution < -0.4 is 10.5 Å². The van der Waals surface area contributed by atoms with E-state index >= 15 is 0 Å². The van der Waals surface area contributed by atoms with Gasteiger partial charge in [0, 0.05) is 12.1 Å². The highest BCUT2D eigenvalue weighted by Crippen LogP contribution is 2.17. The number of esters is 1. The maximum Gasteiger partial charge on any atom is 0.420 e. The van der Waals surface area contributed by atoms with Gasteiger partial charge in [-0.1, -0.05) is 12.1 Å². The predicted octanol–water partition coefficient (Wildman–Crippen LogP) is 2.12. The van der Waals surface area contributed by atoms with Gasteiger partial charge in [-0.3, -0.25) is 19.5 Å². The van der Waals surface area contributed by atoms with Crippen LogP contribution in [-0.2, 0) is 16.1 Å². The lowest BCUT2D eigenvalue weighted by Crippen LogP contribution is -2.23. The Hall–Kier alpha value is -3.62. The number of nitro groups is 1. The fourth-order valence-electron chi connectivity index (χ4n) is 2.32. The number of ether oxygens (including phenoxy) is 2. The number of aromatic nitrogens is 1. The number of benzene rings is 2. The highest BCUT2D eigenvalue weighted by Gasteiger charge is 2.13. The minimum absolute atomic E-state index is 0.0274. The van der Waals surface area contributed by atoms with Crippen molar-refractivity contribution in [1.29, 1.82) is 0 Å². The van der Waals surface area contributed by atoms with Gasteiger partial charge in [-0.25, -0.2) is 4.79 Å². The lowest BCUT2D eigenvalue weighted by atomic mass is 10.3. The Balaban J connectivity index is 1.49. The number of nitro benzene ring substituents is 1. The quantitative estimate of drug-likeness (QED) is 0.275. The fraction of sp³-hybridized carbons (Fsp3) is 0.176. The average Bonchev–Trinajstić information content (AvgIpc) is 2.95. The van der Waals surface area contributed by atoms with E-state index in [0.29, 0.717) is 16.8 Å². The first-order valence-electron chi connectivity index (χ1n) is 7.66. The summed E-state index contributed by atoms with van der Waals surface area (Å²) < 4.78 is 16.6. The Bertz CT molecular complexity index is 988. The molecule has 3 aromatic rings. The molecule has 3 rings (SSSR count). The van der Waals surface area contributed by atoms with Crippen LogP contribution in [0.2, 0.25) is 0 Å². The van der Waals surface area contributed by atoms with Gasteiger partial charge in [0.05, 0.1) is 10.4 Å². The molecule has 0 aliphatic carbocycles. The SMILES string of the molecule is O=C(Cn1c(=O)oc2ccccc21)OCCOc1ccc([N+](=O)[O-])cc1. The fourth-order valence-corrected chi connectivity index (χ4v) is 2.32. The monoisotopic (exact) mass is 358 g/mol. The van der Waals surface area contributed by atoms with Crippen molar-refractivity contribution in [3.63, 3.8) is 0 Å². The van der Waals surface area contributed by atoms with E-state index in [1.165, 1.54) is 28.8 Å². The largest absolute Gasteiger partial charge is 0.490 e. The second kappa shape index (κ2) is 7.51. The Labute approximate surface area is 146 Å². The molecule has 1 aromatic heterocycles. The van der Waals surface area contributed by atoms with E-state index < -0.39 is 16.6 Å². The predicted molar refractivity (Wildman–Crippen MR) is 90.0 cm³/mol. The molecule has 9 nitrogen and oxygen atoms in total. The maximum absolute atomic E-state index is 11.9. The van der Waals surface area contributed by atoms with Gasteiger partial charge in [0.1, 0.15) is 25.5 Å². The number of para-hydroxylation sites is 2. The van der Waals surface area contributed by atoms with Crippen LogP contribution >= 0.6 is 0 Å². The van der Waals surface area contributed by atoms with Gasteiger partial charge in [0.15, 0.2) is 5.58 Å². The molecule has 0 amide bonds. The summed E-state index contributed by atoms with van der Waals surface area (Å²) in [5.74, 6) is -0.820. The topological polar surface area (TPSA) is 114 Å². The first-order chi connectivity index (χ1) is 12.5. The van der Waals surface area contributed by atoms with Crippen LogP contribution in [0.25, 0.3) is 11.1 Å². The molecule has 0 spiro atoms. The molecule has 0 bridgehead atoms. The lowest BCUT2D eigenvalue weighted by molar-refractivity contribution is -0.384. The molecular weight excluding hydrogens is 344 g/mol. The molecule has 26 heavy (non-hydrogen) atoms. The Morgan fingerprint density at radius 1 is 1.12 bits per heavy atom. The molecule has 0 saturated carbocycles. The van der Waals surface area contributed by atoms with E-state index in [1.54, 1.807) is 24.3 Å². The standard InChI is InChI=1S/C17H14N2O7/c20-16(11-18-14-3-1-2-4-15(14)26-17(18)21)25-10-9-24-13-7-5-12(6-8-13)19(22)23/h1-8H,9-11H2. The van der Waals surface area contributed by atoms with Crippen molar-refractivity contribution in [3.8, 4) is 5.75 Å². The number of oxazole rings is 1. The van der Waals surface area contributed by atoms with E-state index in [2.05, 4.69) is 0 Å². The van der Waals surface area contributed by atoms with Crippen LogP contribution in [0.3, 0.4) is 0 Å². The van der Waals surface area contributed by atoms with Crippen molar-refractivity contribution in [2.45, 2.75) is 6.54 Å². The third-order valence-corrected chi connectivity index (χ3v) is 3.52. The first kappa shape index (κ1) is 17.2. The summed E-state index contributed by atoms with van der Waals surface area (Å²) in [5, 5.41) is 10.6. The number of rotatable bonds is 7. The van der Waals surface area contributed by atoms with E-state index in [4.69, 9.17) is 13.9 Å². The van der Waals surface area contributed by atoms with Gasteiger partial charge < -0.3 is 13.9 Å². The maximum atomic E-state index is 11.9. The third kappa shape index (κ3) is 3.89. The average molecular weight is 358 g/mol. The molecule has 0 fully saturated rings. The number of fused-ring (bicyclic) bond motifs is 1. The summed E-state index contributed by atoms with van der Waals surface area (Å²) in [7, 11) is 0. The molecule has 1 heterocycles. The van der Waals surface area contributed by atoms with Crippen LogP contribution in [0.4, 0.5) is 5.69 Å². The van der Waals surface area contributed by atoms with Crippen molar-refractivity contribution in [2.24, 2.45) is 0 Å². The van der Waals surface area contributed by atoms with Gasteiger partial charge in [-0.05, 0) is 24.3 Å². The number of carbonyl (C=O) groups is 1. The zero-order valence-corrected chi connectivity index (χ0v) is 13.5. The summed E-state index contributed by atoms with van der Waals surface area (Å²) in [6.07, 6.45) is 0. The molecule has 0 unspecified atom stereocenters. The van der Waals surface area contributed by atoms with E-state index in [1.807, 2.05) is 0 Å². The molecular formula is C17H14N2O7. The van der Waals surface area contributed by atoms with Crippen molar-refractivity contribution < 1.29 is 23.6 Å². The zero-order valence-electron chi connectivity index (χ0n) is 13.5. The molecule has 0 aliphatic heterocycles. The summed E-state index contributed by atoms with van der Waals surface area (Å²) in [4.78, 5) is 33.7. The Morgan fingerprint density at radius 2 is 1.85 bits per heavy atom. The van der Waals surface area contributed by atoms with Gasteiger partial charge in [0.25, 0.3) is 5.69 Å². The summed E-state index contributed by atoms with van der Waals surface area (Å²) in [6, 6.07) is 12.3. The number of hydrogen-bond acceptors (Lipinski definition) is 7. The molecule has 2 aromatic carbocycles. The van der Waals surface area contributed by atoms with Crippen molar-refractivity contribution in [2.75, 3.05) is 13.2 Å². The smallest absolute Gasteiger partial charge is 0.420 e. The minimum Gasteiger partial charge on any atom is -0.490 e. The van der Waals surface area contributed by atoms with Gasteiger partial charge in [-0.2, -0.15) is 0 Å². The van der Waals surface area contributed by atoms with Crippen LogP contribution in [0, 0.1) is 10.1 Å². The van der Waals surface area contributed by atoms with Gasteiger partial charge in [-0.15, -0.1) is 0 Å². The number of carbonyl (C=O) groups excluding carboxylic acids is 1. The zero-order chi connectivity index (χ0) is 18.5. The van der Waals surface area contributed by atoms with Crippen LogP contribution in [0.15, 0.2) is 57.7 Å². The van der Waals surface area contributed by atoms with E-state index in [-0.39, 0.29) is 25.4 Å². The summed E-state index contributed by atoms with van der Waals surface area (Å²) >= 11 is 0. The van der Waals surface area contributed by atoms with Crippen LogP contribution in [0.5, 0.6) is 5.75 Å². The van der Waals surface area contributed by atoms with E-state index in [0.717, 1.165) is 0 Å². The molecule has 0 atom stereocenters. The number of nitrogens with zero attached hydrogens (tertiary/aromatic N) is 2. The number of non-ortho nitro benzene ring substituents is 1. The molecule has 0 radical (unpaired) electrons. The van der Waals surface area contributed by atoms with Crippen LogP contribution in [-0.4, -0.2) is 28.7 Å². The second-order valence-corrected chi connectivity index (χ2v) is 5.24. The lowest BCUT2D eigenvalue weighted by Gasteiger charge is -2.07. The summed E-state index contributed by atoms with van der Waals surface area (Å²) in [5.41, 5.74) is 0.866. The first-order valence-corrected chi connectivity index (χ1v) is 7.66. The second-order valence-electron chi connectivity index (χ2n) is 5.24. The molecule has 0 saturated heterocycles. The third-order valence-electron chi connectivity index (χ3n) is 3.52. The molecule has 134 valence electrons. The van der Waals surface area contributed by atoms with Crippen LogP contribution in [0.1, 0.15) is 0 Å². The molecule has 0 aliphatic rings.